The van der Waals surface area contributed by atoms with Gasteiger partial charge < -0.3 is 19.5 Å². The molecule has 2 aromatic rings. The number of furan rings is 1. The van der Waals surface area contributed by atoms with Crippen molar-refractivity contribution in [3.63, 3.8) is 0 Å². The molecule has 1 heterocycles. The van der Waals surface area contributed by atoms with Gasteiger partial charge in [0, 0.05) is 30.6 Å². The second-order valence-electron chi connectivity index (χ2n) is 5.57. The molecule has 20 heavy (non-hydrogen) atoms. The average Bonchev–Trinajstić information content (AvgIpc) is 2.75. The highest BCUT2D eigenvalue weighted by molar-refractivity contribution is 5.82. The molecule has 1 aromatic heterocycles. The van der Waals surface area contributed by atoms with E-state index in [9.17, 15) is 0 Å². The molecule has 0 spiro atoms. The van der Waals surface area contributed by atoms with Crippen LogP contribution in [0.1, 0.15) is 11.3 Å². The molecule has 0 radical (unpaired) electrons. The number of likely N-dealkylation sites (N-methyl/N-ethyl adjacent to an activating group) is 2. The molecule has 0 fully saturated rings. The Kier molecular flexibility index (Phi) is 5.17. The van der Waals surface area contributed by atoms with Crippen molar-refractivity contribution in [2.75, 3.05) is 41.3 Å². The summed E-state index contributed by atoms with van der Waals surface area (Å²) in [5.41, 5.74) is 2.28. The summed E-state index contributed by atoms with van der Waals surface area (Å²) in [5.74, 6) is 1.05. The zero-order chi connectivity index (χ0) is 14.5. The van der Waals surface area contributed by atoms with E-state index in [0.29, 0.717) is 0 Å². The average molecular weight is 275 g/mol. The summed E-state index contributed by atoms with van der Waals surface area (Å²) in [6.07, 6.45) is 0. The Morgan fingerprint density at radius 2 is 1.85 bits per heavy atom. The van der Waals surface area contributed by atoms with Gasteiger partial charge in [-0.3, -0.25) is 0 Å². The van der Waals surface area contributed by atoms with Crippen molar-refractivity contribution in [2.24, 2.45) is 0 Å². The predicted octanol–water partition coefficient (Wildman–Crippen LogP) is 2.15. The summed E-state index contributed by atoms with van der Waals surface area (Å²) >= 11 is 0. The van der Waals surface area contributed by atoms with Gasteiger partial charge in [0.25, 0.3) is 0 Å². The molecule has 0 aliphatic carbocycles. The number of fused-ring (bicyclic) bond motifs is 1. The maximum Gasteiger partial charge on any atom is 0.134 e. The lowest BCUT2D eigenvalue weighted by Gasteiger charge is -2.19. The fourth-order valence-corrected chi connectivity index (χ4v) is 2.35. The van der Waals surface area contributed by atoms with Gasteiger partial charge >= 0.3 is 0 Å². The van der Waals surface area contributed by atoms with E-state index < -0.39 is 0 Å². The van der Waals surface area contributed by atoms with Gasteiger partial charge in [0.05, 0.1) is 6.54 Å². The van der Waals surface area contributed by atoms with Gasteiger partial charge in [-0.1, -0.05) is 18.2 Å². The Morgan fingerprint density at radius 1 is 1.10 bits per heavy atom. The molecule has 4 heteroatoms. The van der Waals surface area contributed by atoms with Crippen molar-refractivity contribution in [1.82, 2.24) is 15.1 Å². The molecular weight excluding hydrogens is 250 g/mol. The lowest BCUT2D eigenvalue weighted by atomic mass is 10.1. The second-order valence-corrected chi connectivity index (χ2v) is 5.57. The third kappa shape index (κ3) is 3.60. The van der Waals surface area contributed by atoms with Gasteiger partial charge in [-0.2, -0.15) is 0 Å². The number of nitrogens with one attached hydrogen (secondary N) is 1. The van der Waals surface area contributed by atoms with E-state index in [0.717, 1.165) is 37.5 Å². The zero-order valence-corrected chi connectivity index (χ0v) is 12.9. The Morgan fingerprint density at radius 3 is 2.55 bits per heavy atom. The first-order valence-electron chi connectivity index (χ1n) is 7.09. The van der Waals surface area contributed by atoms with Gasteiger partial charge in [-0.15, -0.1) is 0 Å². The third-order valence-electron chi connectivity index (χ3n) is 3.48. The van der Waals surface area contributed by atoms with Crippen LogP contribution in [0.25, 0.3) is 11.0 Å². The molecular formula is C16H25N3O. The number of para-hydroxylation sites is 1. The molecule has 0 aliphatic heterocycles. The summed E-state index contributed by atoms with van der Waals surface area (Å²) in [5, 5.41) is 4.42. The summed E-state index contributed by atoms with van der Waals surface area (Å²) in [7, 11) is 8.32. The number of nitrogens with zero attached hydrogens (tertiary/aromatic N) is 2. The highest BCUT2D eigenvalue weighted by Gasteiger charge is 2.14. The first-order chi connectivity index (χ1) is 9.61. The minimum atomic E-state index is 0.769. The van der Waals surface area contributed by atoms with E-state index >= 15 is 0 Å². The summed E-state index contributed by atoms with van der Waals surface area (Å²) in [6, 6.07) is 8.28. The Labute approximate surface area is 121 Å². The van der Waals surface area contributed by atoms with Crippen molar-refractivity contribution in [1.29, 1.82) is 0 Å². The fraction of sp³-hybridized carbons (Fsp3) is 0.500. The molecule has 0 amide bonds. The van der Waals surface area contributed by atoms with Crippen LogP contribution in [0.2, 0.25) is 0 Å². The van der Waals surface area contributed by atoms with Gasteiger partial charge in [-0.05, 0) is 34.3 Å². The second kappa shape index (κ2) is 6.88. The van der Waals surface area contributed by atoms with Crippen molar-refractivity contribution in [3.05, 3.63) is 35.6 Å². The molecule has 1 aromatic carbocycles. The molecule has 1 N–H and O–H groups in total. The van der Waals surface area contributed by atoms with Gasteiger partial charge in [0.15, 0.2) is 0 Å². The van der Waals surface area contributed by atoms with Crippen LogP contribution in [0.3, 0.4) is 0 Å². The lowest BCUT2D eigenvalue weighted by molar-refractivity contribution is 0.275. The summed E-state index contributed by atoms with van der Waals surface area (Å²) in [4.78, 5) is 4.55. The van der Waals surface area contributed by atoms with E-state index in [1.54, 1.807) is 0 Å². The molecule has 110 valence electrons. The first kappa shape index (κ1) is 15.0. The zero-order valence-electron chi connectivity index (χ0n) is 12.9. The number of benzene rings is 1. The highest BCUT2D eigenvalue weighted by Crippen LogP contribution is 2.26. The van der Waals surface area contributed by atoms with Crippen molar-refractivity contribution in [2.45, 2.75) is 13.1 Å². The Hall–Kier alpha value is -1.36. The molecule has 0 atom stereocenters. The van der Waals surface area contributed by atoms with Crippen LogP contribution in [-0.2, 0) is 13.1 Å². The van der Waals surface area contributed by atoms with Gasteiger partial charge in [0.1, 0.15) is 11.3 Å². The third-order valence-corrected chi connectivity index (χ3v) is 3.48. The standard InChI is InChI=1S/C16H25N3O/c1-17-11-16-14(12-19(4)10-9-18(2)3)13-7-5-6-8-15(13)20-16/h5-8,17H,9-12H2,1-4H3. The van der Waals surface area contributed by atoms with Crippen molar-refractivity contribution in [3.8, 4) is 0 Å². The normalized spacial score (nSPS) is 11.9. The van der Waals surface area contributed by atoms with E-state index in [-0.39, 0.29) is 0 Å². The van der Waals surface area contributed by atoms with Crippen LogP contribution in [-0.4, -0.2) is 51.1 Å². The lowest BCUT2D eigenvalue weighted by Crippen LogP contribution is -2.28. The van der Waals surface area contributed by atoms with Crippen LogP contribution >= 0.6 is 0 Å². The predicted molar refractivity (Wildman–Crippen MR) is 83.9 cm³/mol. The van der Waals surface area contributed by atoms with Crippen LogP contribution in [0.4, 0.5) is 0 Å². The fourth-order valence-electron chi connectivity index (χ4n) is 2.35. The molecule has 4 nitrogen and oxygen atoms in total. The van der Waals surface area contributed by atoms with Crippen LogP contribution in [0.15, 0.2) is 28.7 Å². The SMILES string of the molecule is CNCc1oc2ccccc2c1CN(C)CCN(C)C. The molecule has 0 unspecified atom stereocenters. The molecule has 0 saturated heterocycles. The topological polar surface area (TPSA) is 31.7 Å². The Bertz CT molecular complexity index is 548. The molecule has 0 bridgehead atoms. The molecule has 0 saturated carbocycles. The van der Waals surface area contributed by atoms with E-state index in [2.05, 4.69) is 48.4 Å². The minimum Gasteiger partial charge on any atom is -0.459 e. The monoisotopic (exact) mass is 275 g/mol. The largest absolute Gasteiger partial charge is 0.459 e. The summed E-state index contributed by atoms with van der Waals surface area (Å²) in [6.45, 7) is 3.80. The highest BCUT2D eigenvalue weighted by atomic mass is 16.3. The minimum absolute atomic E-state index is 0.769. The maximum atomic E-state index is 5.97. The van der Waals surface area contributed by atoms with Crippen LogP contribution in [0, 0.1) is 0 Å². The van der Waals surface area contributed by atoms with Gasteiger partial charge in [-0.25, -0.2) is 0 Å². The number of rotatable bonds is 7. The number of hydrogen-bond donors (Lipinski definition) is 1. The molecule has 2 rings (SSSR count). The van der Waals surface area contributed by atoms with Crippen molar-refractivity contribution < 1.29 is 4.42 Å². The van der Waals surface area contributed by atoms with Crippen LogP contribution in [0.5, 0.6) is 0 Å². The number of hydrogen-bond acceptors (Lipinski definition) is 4. The van der Waals surface area contributed by atoms with Crippen molar-refractivity contribution >= 4 is 11.0 Å². The first-order valence-corrected chi connectivity index (χ1v) is 7.09. The van der Waals surface area contributed by atoms with E-state index in [1.807, 2.05) is 19.2 Å². The smallest absolute Gasteiger partial charge is 0.134 e. The molecule has 0 aliphatic rings. The van der Waals surface area contributed by atoms with E-state index in [1.165, 1.54) is 10.9 Å². The quantitative estimate of drug-likeness (QED) is 0.839. The van der Waals surface area contributed by atoms with Gasteiger partial charge in [0.2, 0.25) is 0 Å². The van der Waals surface area contributed by atoms with Crippen LogP contribution < -0.4 is 5.32 Å². The van der Waals surface area contributed by atoms with E-state index in [4.69, 9.17) is 4.42 Å². The Balaban J connectivity index is 2.20. The maximum absolute atomic E-state index is 5.97. The summed E-state index contributed by atoms with van der Waals surface area (Å²) < 4.78 is 5.97.